The van der Waals surface area contributed by atoms with Crippen molar-refractivity contribution in [2.24, 2.45) is 5.73 Å². The molecule has 0 heterocycles. The molecule has 0 spiro atoms. The molecule has 1 aromatic rings. The Morgan fingerprint density at radius 3 is 2.79 bits per heavy atom. The van der Waals surface area contributed by atoms with Gasteiger partial charge in [0.05, 0.1) is 5.02 Å². The zero-order valence-electron chi connectivity index (χ0n) is 7.74. The van der Waals surface area contributed by atoms with E-state index in [4.69, 9.17) is 23.1 Å². The summed E-state index contributed by atoms with van der Waals surface area (Å²) in [7, 11) is 0. The first-order valence-electron chi connectivity index (χ1n) is 4.27. The van der Waals surface area contributed by atoms with Crippen molar-refractivity contribution < 1.29 is 0 Å². The van der Waals surface area contributed by atoms with Gasteiger partial charge in [0.2, 0.25) is 0 Å². The summed E-state index contributed by atoms with van der Waals surface area (Å²) in [5, 5.41) is 0.705. The number of hydrogen-bond donors (Lipinski definition) is 2. The molecule has 0 saturated heterocycles. The van der Waals surface area contributed by atoms with Crippen LogP contribution in [0.1, 0.15) is 0 Å². The average Bonchev–Trinajstić information content (AvgIpc) is 2.16. The van der Waals surface area contributed by atoms with Crippen molar-refractivity contribution in [2.75, 3.05) is 18.0 Å². The predicted octanol–water partition coefficient (Wildman–Crippen LogP) is 2.53. The second kappa shape index (κ2) is 5.96. The average molecular weight is 229 g/mol. The van der Waals surface area contributed by atoms with E-state index in [-0.39, 0.29) is 0 Å². The Bertz CT molecular complexity index is 306. The van der Waals surface area contributed by atoms with E-state index in [1.165, 1.54) is 0 Å². The van der Waals surface area contributed by atoms with Crippen LogP contribution in [0, 0.1) is 0 Å². The Hall–Kier alpha value is -0.640. The normalized spacial score (nSPS) is 11.0. The van der Waals surface area contributed by atoms with E-state index in [0.29, 0.717) is 11.6 Å². The smallest absolute Gasteiger partial charge is 0.0562 e. The van der Waals surface area contributed by atoms with E-state index in [0.717, 1.165) is 16.3 Å². The first-order chi connectivity index (χ1) is 6.75. The minimum Gasteiger partial charge on any atom is -0.398 e. The van der Waals surface area contributed by atoms with Crippen LogP contribution in [0.15, 0.2) is 35.2 Å². The van der Waals surface area contributed by atoms with E-state index < -0.39 is 0 Å². The van der Waals surface area contributed by atoms with Crippen LogP contribution >= 0.6 is 23.4 Å². The van der Waals surface area contributed by atoms with Crippen molar-refractivity contribution in [3.05, 3.63) is 35.4 Å². The number of anilines is 1. The van der Waals surface area contributed by atoms with Crippen LogP contribution in [0.3, 0.4) is 0 Å². The number of nitrogen functional groups attached to an aromatic ring is 1. The van der Waals surface area contributed by atoms with Crippen molar-refractivity contribution in [1.29, 1.82) is 0 Å². The third kappa shape index (κ3) is 3.25. The molecule has 0 amide bonds. The summed E-state index contributed by atoms with van der Waals surface area (Å²) in [5.74, 6) is 0.838. The molecular weight excluding hydrogens is 216 g/mol. The van der Waals surface area contributed by atoms with Gasteiger partial charge in [0.1, 0.15) is 0 Å². The van der Waals surface area contributed by atoms with Crippen LogP contribution in [-0.2, 0) is 0 Å². The van der Waals surface area contributed by atoms with E-state index in [9.17, 15) is 0 Å². The minimum atomic E-state index is 0.568. The molecule has 0 aromatic heterocycles. The summed E-state index contributed by atoms with van der Waals surface area (Å²) in [6.07, 6.45) is 3.92. The van der Waals surface area contributed by atoms with Crippen LogP contribution in [-0.4, -0.2) is 12.3 Å². The molecule has 4 heteroatoms. The third-order valence-electron chi connectivity index (χ3n) is 1.62. The summed E-state index contributed by atoms with van der Waals surface area (Å²) < 4.78 is 0. The van der Waals surface area contributed by atoms with Crippen LogP contribution in [0.4, 0.5) is 5.69 Å². The zero-order valence-corrected chi connectivity index (χ0v) is 9.31. The van der Waals surface area contributed by atoms with Gasteiger partial charge >= 0.3 is 0 Å². The molecule has 14 heavy (non-hydrogen) atoms. The molecule has 0 aliphatic heterocycles. The molecule has 76 valence electrons. The first kappa shape index (κ1) is 11.4. The van der Waals surface area contributed by atoms with Gasteiger partial charge in [-0.2, -0.15) is 0 Å². The first-order valence-corrected chi connectivity index (χ1v) is 5.64. The van der Waals surface area contributed by atoms with Gasteiger partial charge < -0.3 is 11.5 Å². The number of benzene rings is 1. The lowest BCUT2D eigenvalue weighted by Gasteiger charge is -2.05. The second-order valence-corrected chi connectivity index (χ2v) is 4.11. The Kier molecular flexibility index (Phi) is 4.87. The Balaban J connectivity index is 2.62. The number of thioether (sulfide) groups is 1. The maximum absolute atomic E-state index is 5.99. The van der Waals surface area contributed by atoms with Gasteiger partial charge in [-0.1, -0.05) is 29.8 Å². The highest BCUT2D eigenvalue weighted by atomic mass is 35.5. The monoisotopic (exact) mass is 228 g/mol. The Labute approximate surface area is 93.3 Å². The summed E-state index contributed by atoms with van der Waals surface area (Å²) in [4.78, 5) is 0.941. The van der Waals surface area contributed by atoms with Crippen molar-refractivity contribution in [3.8, 4) is 0 Å². The highest BCUT2D eigenvalue weighted by Crippen LogP contribution is 2.32. The highest BCUT2D eigenvalue weighted by Gasteiger charge is 2.02. The van der Waals surface area contributed by atoms with Crippen molar-refractivity contribution in [3.63, 3.8) is 0 Å². The van der Waals surface area contributed by atoms with Crippen molar-refractivity contribution in [2.45, 2.75) is 4.90 Å². The largest absolute Gasteiger partial charge is 0.398 e. The highest BCUT2D eigenvalue weighted by molar-refractivity contribution is 7.99. The summed E-state index contributed by atoms with van der Waals surface area (Å²) in [6, 6.07) is 5.53. The predicted molar refractivity (Wildman–Crippen MR) is 64.8 cm³/mol. The van der Waals surface area contributed by atoms with E-state index in [1.807, 2.05) is 30.4 Å². The lowest BCUT2D eigenvalue weighted by molar-refractivity contribution is 1.25. The van der Waals surface area contributed by atoms with Crippen molar-refractivity contribution >= 4 is 29.1 Å². The molecule has 2 nitrogen and oxygen atoms in total. The number of rotatable bonds is 4. The van der Waals surface area contributed by atoms with Crippen LogP contribution < -0.4 is 11.5 Å². The van der Waals surface area contributed by atoms with Gasteiger partial charge in [0.25, 0.3) is 0 Å². The lowest BCUT2D eigenvalue weighted by Crippen LogP contribution is -1.93. The molecule has 4 N–H and O–H groups in total. The molecule has 0 bridgehead atoms. The fourth-order valence-corrected chi connectivity index (χ4v) is 2.16. The molecule has 0 fully saturated rings. The lowest BCUT2D eigenvalue weighted by atomic mass is 10.3. The molecular formula is C10H13ClN2S. The maximum Gasteiger partial charge on any atom is 0.0562 e. The number of hydrogen-bond acceptors (Lipinski definition) is 3. The van der Waals surface area contributed by atoms with Crippen LogP contribution in [0.5, 0.6) is 0 Å². The molecule has 1 aromatic carbocycles. The van der Waals surface area contributed by atoms with E-state index >= 15 is 0 Å². The third-order valence-corrected chi connectivity index (χ3v) is 3.15. The van der Waals surface area contributed by atoms with Gasteiger partial charge in [0.15, 0.2) is 0 Å². The zero-order chi connectivity index (χ0) is 10.4. The Morgan fingerprint density at radius 2 is 2.14 bits per heavy atom. The van der Waals surface area contributed by atoms with Gasteiger partial charge in [-0.3, -0.25) is 0 Å². The molecule has 0 atom stereocenters. The molecule has 0 saturated carbocycles. The molecule has 0 radical (unpaired) electrons. The molecule has 0 aliphatic rings. The molecule has 0 unspecified atom stereocenters. The number of halogens is 1. The SMILES string of the molecule is NC/C=C/CSc1c(N)cccc1Cl. The van der Waals surface area contributed by atoms with Crippen LogP contribution in [0.2, 0.25) is 5.02 Å². The Morgan fingerprint density at radius 1 is 1.36 bits per heavy atom. The summed E-state index contributed by atoms with van der Waals surface area (Å²) in [6.45, 7) is 0.568. The van der Waals surface area contributed by atoms with E-state index in [2.05, 4.69) is 0 Å². The van der Waals surface area contributed by atoms with Gasteiger partial charge in [-0.15, -0.1) is 11.8 Å². The van der Waals surface area contributed by atoms with Gasteiger partial charge in [-0.05, 0) is 12.1 Å². The van der Waals surface area contributed by atoms with Gasteiger partial charge in [-0.25, -0.2) is 0 Å². The summed E-state index contributed by atoms with van der Waals surface area (Å²) in [5.41, 5.74) is 11.8. The van der Waals surface area contributed by atoms with Crippen molar-refractivity contribution in [1.82, 2.24) is 0 Å². The van der Waals surface area contributed by atoms with Gasteiger partial charge in [0, 0.05) is 22.9 Å². The summed E-state index contributed by atoms with van der Waals surface area (Å²) >= 11 is 7.61. The maximum atomic E-state index is 5.99. The quantitative estimate of drug-likeness (QED) is 0.473. The molecule has 0 aliphatic carbocycles. The minimum absolute atomic E-state index is 0.568. The molecule has 1 rings (SSSR count). The number of nitrogens with two attached hydrogens (primary N) is 2. The van der Waals surface area contributed by atoms with E-state index in [1.54, 1.807) is 11.8 Å². The fourth-order valence-electron chi connectivity index (χ4n) is 0.974. The fraction of sp³-hybridized carbons (Fsp3) is 0.200. The second-order valence-electron chi connectivity index (χ2n) is 2.68. The van der Waals surface area contributed by atoms with Crippen LogP contribution in [0.25, 0.3) is 0 Å². The topological polar surface area (TPSA) is 52.0 Å². The standard InChI is InChI=1S/C10H13ClN2S/c11-8-4-3-5-9(13)10(8)14-7-2-1-6-12/h1-5H,6-7,12-13H2/b2-1+.